The quantitative estimate of drug-likeness (QED) is 0.768. The first kappa shape index (κ1) is 15.6. The lowest BCUT2D eigenvalue weighted by molar-refractivity contribution is -0.127. The van der Waals surface area contributed by atoms with Gasteiger partial charge in [-0.1, -0.05) is 13.0 Å². The first-order valence-electron chi connectivity index (χ1n) is 7.48. The van der Waals surface area contributed by atoms with Gasteiger partial charge in [0.25, 0.3) is 5.91 Å². The van der Waals surface area contributed by atoms with E-state index in [-0.39, 0.29) is 5.91 Å². The van der Waals surface area contributed by atoms with Crippen molar-refractivity contribution in [3.05, 3.63) is 23.8 Å². The molecule has 1 aromatic carbocycles. The second-order valence-electron chi connectivity index (χ2n) is 5.31. The molecule has 0 radical (unpaired) electrons. The van der Waals surface area contributed by atoms with Crippen LogP contribution in [0.1, 0.15) is 32.3 Å². The molecule has 0 spiro atoms. The zero-order chi connectivity index (χ0) is 15.2. The molecule has 0 bridgehead atoms. The van der Waals surface area contributed by atoms with Gasteiger partial charge >= 0.3 is 0 Å². The number of ether oxygens (including phenoxy) is 2. The van der Waals surface area contributed by atoms with Crippen molar-refractivity contribution in [1.29, 1.82) is 0 Å². The van der Waals surface area contributed by atoms with Gasteiger partial charge in [-0.05, 0) is 44.0 Å². The van der Waals surface area contributed by atoms with Crippen molar-refractivity contribution in [1.82, 2.24) is 10.6 Å². The van der Waals surface area contributed by atoms with Gasteiger partial charge in [0.05, 0.1) is 7.11 Å². The average Bonchev–Trinajstić information content (AvgIpc) is 3.29. The van der Waals surface area contributed by atoms with Gasteiger partial charge in [0.15, 0.2) is 17.6 Å². The Morgan fingerprint density at radius 3 is 2.76 bits per heavy atom. The van der Waals surface area contributed by atoms with Crippen molar-refractivity contribution in [3.8, 4) is 11.5 Å². The molecule has 0 heterocycles. The van der Waals surface area contributed by atoms with Crippen LogP contribution in [0.25, 0.3) is 0 Å². The molecule has 2 N–H and O–H groups in total. The Balaban J connectivity index is 1.98. The van der Waals surface area contributed by atoms with Crippen LogP contribution < -0.4 is 20.1 Å². The van der Waals surface area contributed by atoms with E-state index in [0.717, 1.165) is 31.5 Å². The summed E-state index contributed by atoms with van der Waals surface area (Å²) in [5.41, 5.74) is 1.12. The summed E-state index contributed by atoms with van der Waals surface area (Å²) in [5.74, 6) is 1.17. The topological polar surface area (TPSA) is 59.6 Å². The summed E-state index contributed by atoms with van der Waals surface area (Å²) in [6.07, 6.45) is 1.61. The molecule has 1 fully saturated rings. The zero-order valence-electron chi connectivity index (χ0n) is 12.9. The van der Waals surface area contributed by atoms with Crippen molar-refractivity contribution in [3.63, 3.8) is 0 Å². The molecule has 1 atom stereocenters. The molecule has 5 heteroatoms. The molecular weight excluding hydrogens is 268 g/mol. The molecule has 1 aliphatic rings. The fraction of sp³-hybridized carbons (Fsp3) is 0.562. The summed E-state index contributed by atoms with van der Waals surface area (Å²) in [6.45, 7) is 5.52. The minimum atomic E-state index is -0.529. The zero-order valence-corrected chi connectivity index (χ0v) is 12.9. The van der Waals surface area contributed by atoms with E-state index in [9.17, 15) is 4.79 Å². The van der Waals surface area contributed by atoms with E-state index in [0.29, 0.717) is 17.5 Å². The van der Waals surface area contributed by atoms with Gasteiger partial charge in [-0.15, -0.1) is 0 Å². The molecule has 0 aliphatic heterocycles. The summed E-state index contributed by atoms with van der Waals surface area (Å²) in [6, 6.07) is 6.11. The molecule has 0 aromatic heterocycles. The maximum atomic E-state index is 11.9. The second kappa shape index (κ2) is 7.31. The van der Waals surface area contributed by atoms with Gasteiger partial charge < -0.3 is 20.1 Å². The molecule has 1 aliphatic carbocycles. The van der Waals surface area contributed by atoms with Crippen LogP contribution in [0.3, 0.4) is 0 Å². The highest BCUT2D eigenvalue weighted by atomic mass is 16.5. The monoisotopic (exact) mass is 292 g/mol. The Kier molecular flexibility index (Phi) is 5.44. The van der Waals surface area contributed by atoms with E-state index in [1.807, 2.05) is 18.2 Å². The summed E-state index contributed by atoms with van der Waals surface area (Å²) in [4.78, 5) is 11.9. The lowest BCUT2D eigenvalue weighted by Crippen LogP contribution is -2.37. The summed E-state index contributed by atoms with van der Waals surface area (Å²) in [5, 5.41) is 6.20. The van der Waals surface area contributed by atoms with Crippen molar-refractivity contribution >= 4 is 5.91 Å². The van der Waals surface area contributed by atoms with Gasteiger partial charge in [-0.25, -0.2) is 0 Å². The van der Waals surface area contributed by atoms with Crippen molar-refractivity contribution < 1.29 is 14.3 Å². The molecule has 5 nitrogen and oxygen atoms in total. The fourth-order valence-electron chi connectivity index (χ4n) is 1.98. The van der Waals surface area contributed by atoms with E-state index in [1.165, 1.54) is 0 Å². The lowest BCUT2D eigenvalue weighted by atomic mass is 10.2. The molecule has 0 saturated heterocycles. The normalized spacial score (nSPS) is 15.4. The first-order chi connectivity index (χ1) is 10.1. The van der Waals surface area contributed by atoms with Crippen LogP contribution in [0.5, 0.6) is 11.5 Å². The minimum absolute atomic E-state index is 0.0729. The number of hydrogen-bond donors (Lipinski definition) is 2. The third kappa shape index (κ3) is 4.63. The molecule has 1 unspecified atom stereocenters. The number of benzene rings is 1. The third-order valence-electron chi connectivity index (χ3n) is 3.40. The number of hydrogen-bond acceptors (Lipinski definition) is 4. The molecule has 2 rings (SSSR count). The Bertz CT molecular complexity index is 486. The number of rotatable bonds is 8. The van der Waals surface area contributed by atoms with Gasteiger partial charge in [0.2, 0.25) is 0 Å². The van der Waals surface area contributed by atoms with E-state index < -0.39 is 6.10 Å². The number of methoxy groups -OCH3 is 1. The number of carbonyl (C=O) groups excluding carboxylic acids is 1. The largest absolute Gasteiger partial charge is 0.493 e. The van der Waals surface area contributed by atoms with Gasteiger partial charge in [0.1, 0.15) is 0 Å². The summed E-state index contributed by atoms with van der Waals surface area (Å²) < 4.78 is 11.1. The van der Waals surface area contributed by atoms with E-state index in [4.69, 9.17) is 9.47 Å². The van der Waals surface area contributed by atoms with Crippen LogP contribution in [0, 0.1) is 0 Å². The number of amides is 1. The van der Waals surface area contributed by atoms with Crippen LogP contribution in [0.4, 0.5) is 0 Å². The highest BCUT2D eigenvalue weighted by Gasteiger charge is 2.26. The minimum Gasteiger partial charge on any atom is -0.493 e. The van der Waals surface area contributed by atoms with Crippen molar-refractivity contribution in [2.75, 3.05) is 13.7 Å². The van der Waals surface area contributed by atoms with Gasteiger partial charge in [-0.2, -0.15) is 0 Å². The summed E-state index contributed by atoms with van der Waals surface area (Å²) >= 11 is 0. The maximum absolute atomic E-state index is 11.9. The van der Waals surface area contributed by atoms with E-state index in [1.54, 1.807) is 14.0 Å². The van der Waals surface area contributed by atoms with Crippen molar-refractivity contribution in [2.24, 2.45) is 0 Å². The predicted octanol–water partition coefficient (Wildman–Crippen LogP) is 1.85. The SMILES string of the molecule is CCNCc1ccc(OC(C)C(=O)NC2CC2)c(OC)c1. The van der Waals surface area contributed by atoms with Gasteiger partial charge in [-0.3, -0.25) is 4.79 Å². The molecule has 21 heavy (non-hydrogen) atoms. The van der Waals surface area contributed by atoms with E-state index >= 15 is 0 Å². The Morgan fingerprint density at radius 1 is 1.38 bits per heavy atom. The van der Waals surface area contributed by atoms with Crippen LogP contribution in [-0.4, -0.2) is 31.7 Å². The van der Waals surface area contributed by atoms with Crippen LogP contribution in [0.15, 0.2) is 18.2 Å². The van der Waals surface area contributed by atoms with Crippen LogP contribution >= 0.6 is 0 Å². The smallest absolute Gasteiger partial charge is 0.260 e. The Hall–Kier alpha value is -1.75. The average molecular weight is 292 g/mol. The first-order valence-corrected chi connectivity index (χ1v) is 7.48. The fourth-order valence-corrected chi connectivity index (χ4v) is 1.98. The molecule has 1 aromatic rings. The molecule has 116 valence electrons. The highest BCUT2D eigenvalue weighted by Crippen LogP contribution is 2.29. The van der Waals surface area contributed by atoms with Gasteiger partial charge in [0, 0.05) is 12.6 Å². The van der Waals surface area contributed by atoms with E-state index in [2.05, 4.69) is 17.6 Å². The van der Waals surface area contributed by atoms with Crippen molar-refractivity contribution in [2.45, 2.75) is 45.4 Å². The standard InChI is InChI=1S/C16H24N2O3/c1-4-17-10-12-5-8-14(15(9-12)20-3)21-11(2)16(19)18-13-6-7-13/h5,8-9,11,13,17H,4,6-7,10H2,1-3H3,(H,18,19). The lowest BCUT2D eigenvalue weighted by Gasteiger charge is -2.17. The summed E-state index contributed by atoms with van der Waals surface area (Å²) in [7, 11) is 1.61. The number of nitrogens with one attached hydrogen (secondary N) is 2. The Labute approximate surface area is 126 Å². The predicted molar refractivity (Wildman–Crippen MR) is 81.6 cm³/mol. The number of carbonyl (C=O) groups is 1. The maximum Gasteiger partial charge on any atom is 0.260 e. The molecule has 1 saturated carbocycles. The second-order valence-corrected chi connectivity index (χ2v) is 5.31. The Morgan fingerprint density at radius 2 is 2.14 bits per heavy atom. The molecular formula is C16H24N2O3. The van der Waals surface area contributed by atoms with Crippen LogP contribution in [-0.2, 0) is 11.3 Å². The molecule has 1 amide bonds. The third-order valence-corrected chi connectivity index (χ3v) is 3.40. The highest BCUT2D eigenvalue weighted by molar-refractivity contribution is 5.81. The van der Waals surface area contributed by atoms with Crippen LogP contribution in [0.2, 0.25) is 0 Å².